The molecule has 0 aliphatic carbocycles. The molecule has 0 aliphatic rings. The lowest BCUT2D eigenvalue weighted by molar-refractivity contribution is -0.141. The Morgan fingerprint density at radius 2 is 1.69 bits per heavy atom. The fourth-order valence-corrected chi connectivity index (χ4v) is 3.17. The Bertz CT molecular complexity index is 1240. The summed E-state index contributed by atoms with van der Waals surface area (Å²) in [5, 5.41) is 6.11. The molecule has 32 heavy (non-hydrogen) atoms. The lowest BCUT2D eigenvalue weighted by Crippen LogP contribution is -2.17. The first-order chi connectivity index (χ1) is 15.3. The molecule has 0 saturated heterocycles. The Kier molecular flexibility index (Phi) is 5.43. The van der Waals surface area contributed by atoms with Gasteiger partial charge in [0.1, 0.15) is 11.6 Å². The van der Waals surface area contributed by atoms with E-state index in [0.717, 1.165) is 22.4 Å². The van der Waals surface area contributed by atoms with Gasteiger partial charge in [0, 0.05) is 30.0 Å². The highest BCUT2D eigenvalue weighted by Gasteiger charge is 2.39. The van der Waals surface area contributed by atoms with Crippen molar-refractivity contribution in [2.45, 2.75) is 13.1 Å². The van der Waals surface area contributed by atoms with Gasteiger partial charge in [0.25, 0.3) is 5.91 Å². The number of aromatic nitrogens is 4. The normalized spacial score (nSPS) is 11.4. The van der Waals surface area contributed by atoms with E-state index in [0.29, 0.717) is 17.1 Å². The summed E-state index contributed by atoms with van der Waals surface area (Å²) in [6, 6.07) is 12.9. The second kappa shape index (κ2) is 8.22. The van der Waals surface area contributed by atoms with Crippen LogP contribution in [-0.2, 0) is 6.18 Å². The van der Waals surface area contributed by atoms with Gasteiger partial charge in [-0.15, -0.1) is 0 Å². The summed E-state index contributed by atoms with van der Waals surface area (Å²) in [7, 11) is 1.48. The van der Waals surface area contributed by atoms with Crippen LogP contribution in [0.1, 0.15) is 21.9 Å². The molecule has 4 rings (SSSR count). The van der Waals surface area contributed by atoms with Crippen LogP contribution < -0.4 is 10.1 Å². The third-order valence-electron chi connectivity index (χ3n) is 4.79. The smallest absolute Gasteiger partial charge is 0.435 e. The Labute approximate surface area is 181 Å². The SMILES string of the molecule is COc1ccc(-n2cc(C(=O)Nc3ccc(-n4ccnc4C)cc3)c(C(F)(F)F)n2)cc1. The number of ether oxygens (including phenoxy) is 1. The summed E-state index contributed by atoms with van der Waals surface area (Å²) in [4.78, 5) is 16.8. The summed E-state index contributed by atoms with van der Waals surface area (Å²) in [6.07, 6.45) is -0.299. The number of benzene rings is 2. The van der Waals surface area contributed by atoms with Gasteiger partial charge >= 0.3 is 6.18 Å². The van der Waals surface area contributed by atoms with Crippen molar-refractivity contribution in [2.75, 3.05) is 12.4 Å². The van der Waals surface area contributed by atoms with Crippen molar-refractivity contribution >= 4 is 11.6 Å². The summed E-state index contributed by atoms with van der Waals surface area (Å²) in [6.45, 7) is 1.84. The number of imidazole rings is 1. The maximum absolute atomic E-state index is 13.6. The molecule has 0 radical (unpaired) electrons. The highest BCUT2D eigenvalue weighted by atomic mass is 19.4. The minimum atomic E-state index is -4.80. The molecule has 10 heteroatoms. The molecule has 1 amide bonds. The number of hydrogen-bond donors (Lipinski definition) is 1. The van der Waals surface area contributed by atoms with Gasteiger partial charge in [0.15, 0.2) is 5.69 Å². The molecule has 0 fully saturated rings. The van der Waals surface area contributed by atoms with E-state index in [9.17, 15) is 18.0 Å². The summed E-state index contributed by atoms with van der Waals surface area (Å²) in [5.41, 5.74) is -0.335. The molecule has 0 spiro atoms. The van der Waals surface area contributed by atoms with Crippen molar-refractivity contribution in [1.29, 1.82) is 0 Å². The molecule has 0 aliphatic heterocycles. The van der Waals surface area contributed by atoms with Gasteiger partial charge in [-0.25, -0.2) is 9.67 Å². The number of amides is 1. The van der Waals surface area contributed by atoms with Crippen LogP contribution in [0.25, 0.3) is 11.4 Å². The van der Waals surface area contributed by atoms with E-state index in [1.165, 1.54) is 7.11 Å². The summed E-state index contributed by atoms with van der Waals surface area (Å²) in [5.74, 6) is 0.412. The van der Waals surface area contributed by atoms with Crippen molar-refractivity contribution in [3.05, 3.63) is 84.2 Å². The summed E-state index contributed by atoms with van der Waals surface area (Å²) >= 11 is 0. The van der Waals surface area contributed by atoms with E-state index >= 15 is 0 Å². The van der Waals surface area contributed by atoms with Crippen molar-refractivity contribution in [3.8, 4) is 17.1 Å². The number of methoxy groups -OCH3 is 1. The fourth-order valence-electron chi connectivity index (χ4n) is 3.17. The van der Waals surface area contributed by atoms with Crippen LogP contribution in [0.4, 0.5) is 18.9 Å². The standard InChI is InChI=1S/C22H18F3N5O2/c1-14-26-11-12-29(14)16-5-3-15(4-6-16)27-21(31)19-13-30(28-20(19)22(23,24)25)17-7-9-18(32-2)10-8-17/h3-13H,1-2H3,(H,27,31). The maximum atomic E-state index is 13.6. The van der Waals surface area contributed by atoms with Crippen LogP contribution in [0.15, 0.2) is 67.1 Å². The maximum Gasteiger partial charge on any atom is 0.435 e. The van der Waals surface area contributed by atoms with Gasteiger partial charge in [-0.3, -0.25) is 4.79 Å². The molecule has 164 valence electrons. The fraction of sp³-hybridized carbons (Fsp3) is 0.136. The van der Waals surface area contributed by atoms with Gasteiger partial charge < -0.3 is 14.6 Å². The van der Waals surface area contributed by atoms with Crippen molar-refractivity contribution < 1.29 is 22.7 Å². The van der Waals surface area contributed by atoms with Crippen LogP contribution in [0.3, 0.4) is 0 Å². The van der Waals surface area contributed by atoms with Gasteiger partial charge in [0.2, 0.25) is 0 Å². The minimum absolute atomic E-state index is 0.349. The number of aryl methyl sites for hydroxylation is 1. The Morgan fingerprint density at radius 1 is 1.03 bits per heavy atom. The van der Waals surface area contributed by atoms with Gasteiger partial charge in [-0.1, -0.05) is 0 Å². The quantitative estimate of drug-likeness (QED) is 0.490. The predicted molar refractivity (Wildman–Crippen MR) is 111 cm³/mol. The van der Waals surface area contributed by atoms with E-state index in [1.807, 2.05) is 11.5 Å². The molecular weight excluding hydrogens is 423 g/mol. The minimum Gasteiger partial charge on any atom is -0.497 e. The van der Waals surface area contributed by atoms with Crippen LogP contribution in [-0.4, -0.2) is 32.3 Å². The number of nitrogens with one attached hydrogen (secondary N) is 1. The molecule has 0 saturated carbocycles. The first kappa shape index (κ1) is 21.2. The Balaban J connectivity index is 1.61. The van der Waals surface area contributed by atoms with Crippen LogP contribution >= 0.6 is 0 Å². The molecule has 0 atom stereocenters. The highest BCUT2D eigenvalue weighted by molar-refractivity contribution is 6.05. The second-order valence-electron chi connectivity index (χ2n) is 6.88. The number of carbonyl (C=O) groups excluding carboxylic acids is 1. The van der Waals surface area contributed by atoms with Crippen molar-refractivity contribution in [1.82, 2.24) is 19.3 Å². The van der Waals surface area contributed by atoms with E-state index < -0.39 is 23.3 Å². The lowest BCUT2D eigenvalue weighted by atomic mass is 10.2. The zero-order chi connectivity index (χ0) is 22.9. The monoisotopic (exact) mass is 441 g/mol. The van der Waals surface area contributed by atoms with Crippen molar-refractivity contribution in [3.63, 3.8) is 0 Å². The Morgan fingerprint density at radius 3 is 2.25 bits per heavy atom. The molecule has 2 heterocycles. The molecular formula is C22H18F3N5O2. The zero-order valence-electron chi connectivity index (χ0n) is 17.1. The number of halogens is 3. The molecule has 1 N–H and O–H groups in total. The van der Waals surface area contributed by atoms with E-state index in [-0.39, 0.29) is 0 Å². The van der Waals surface area contributed by atoms with Crippen molar-refractivity contribution in [2.24, 2.45) is 0 Å². The predicted octanol–water partition coefficient (Wildman–Crippen LogP) is 4.65. The molecule has 7 nitrogen and oxygen atoms in total. The molecule has 4 aromatic rings. The highest BCUT2D eigenvalue weighted by Crippen LogP contribution is 2.32. The average molecular weight is 441 g/mol. The first-order valence-corrected chi connectivity index (χ1v) is 9.49. The van der Waals surface area contributed by atoms with Crippen LogP contribution in [0, 0.1) is 6.92 Å². The van der Waals surface area contributed by atoms with E-state index in [4.69, 9.17) is 4.74 Å². The number of hydrogen-bond acceptors (Lipinski definition) is 4. The largest absolute Gasteiger partial charge is 0.497 e. The molecule has 2 aromatic heterocycles. The lowest BCUT2D eigenvalue weighted by Gasteiger charge is -2.09. The average Bonchev–Trinajstić information content (AvgIpc) is 3.41. The number of rotatable bonds is 5. The number of carbonyl (C=O) groups is 1. The zero-order valence-corrected chi connectivity index (χ0v) is 17.1. The Hall–Kier alpha value is -4.08. The third-order valence-corrected chi connectivity index (χ3v) is 4.79. The first-order valence-electron chi connectivity index (χ1n) is 9.49. The van der Waals surface area contributed by atoms with E-state index in [2.05, 4.69) is 15.4 Å². The molecule has 2 aromatic carbocycles. The third kappa shape index (κ3) is 4.20. The van der Waals surface area contributed by atoms with Crippen LogP contribution in [0.2, 0.25) is 0 Å². The molecule has 0 unspecified atom stereocenters. The van der Waals surface area contributed by atoms with Gasteiger partial charge in [0.05, 0.1) is 18.4 Å². The van der Waals surface area contributed by atoms with Gasteiger partial charge in [-0.2, -0.15) is 18.3 Å². The van der Waals surface area contributed by atoms with Crippen LogP contribution in [0.5, 0.6) is 5.75 Å². The summed E-state index contributed by atoms with van der Waals surface area (Å²) < 4.78 is 48.6. The number of nitrogens with zero attached hydrogens (tertiary/aromatic N) is 4. The van der Waals surface area contributed by atoms with Gasteiger partial charge in [-0.05, 0) is 55.5 Å². The number of alkyl halides is 3. The second-order valence-corrected chi connectivity index (χ2v) is 6.88. The topological polar surface area (TPSA) is 74.0 Å². The van der Waals surface area contributed by atoms with E-state index in [1.54, 1.807) is 60.9 Å². The number of anilines is 1. The molecule has 0 bridgehead atoms.